The van der Waals surface area contributed by atoms with Gasteiger partial charge in [0.25, 0.3) is 0 Å². The van der Waals surface area contributed by atoms with Gasteiger partial charge in [0.1, 0.15) is 11.3 Å². The molecule has 5 nitrogen and oxygen atoms in total. The molecule has 1 N–H and O–H groups in total. The van der Waals surface area contributed by atoms with Gasteiger partial charge in [0.2, 0.25) is 5.82 Å². The van der Waals surface area contributed by atoms with Gasteiger partial charge in [-0.25, -0.2) is 4.98 Å². The van der Waals surface area contributed by atoms with Crippen LogP contribution in [0.5, 0.6) is 0 Å². The molecule has 25 heavy (non-hydrogen) atoms. The summed E-state index contributed by atoms with van der Waals surface area (Å²) < 4.78 is 47.1. The Balaban J connectivity index is 1.86. The van der Waals surface area contributed by atoms with E-state index in [2.05, 4.69) is 15.2 Å². The Kier molecular flexibility index (Phi) is 3.91. The van der Waals surface area contributed by atoms with Gasteiger partial charge in [-0.05, 0) is 24.3 Å². The first-order chi connectivity index (χ1) is 12.0. The summed E-state index contributed by atoms with van der Waals surface area (Å²) >= 11 is 0. The number of imidazole rings is 1. The highest BCUT2D eigenvalue weighted by atomic mass is 19.4. The highest BCUT2D eigenvalue weighted by Crippen LogP contribution is 2.35. The van der Waals surface area contributed by atoms with Crippen LogP contribution in [0, 0.1) is 0 Å². The van der Waals surface area contributed by atoms with E-state index in [0.717, 1.165) is 31.9 Å². The first-order valence-corrected chi connectivity index (χ1v) is 8.08. The SMILES string of the molecule is FC(F)(F)c1nc2c(N3CCNCC3)cccc2n1Cc1ccco1. The van der Waals surface area contributed by atoms with Gasteiger partial charge in [0, 0.05) is 26.2 Å². The Bertz CT molecular complexity index is 864. The summed E-state index contributed by atoms with van der Waals surface area (Å²) in [6.07, 6.45) is -3.08. The lowest BCUT2D eigenvalue weighted by Gasteiger charge is -2.29. The molecule has 0 atom stereocenters. The molecule has 8 heteroatoms. The molecule has 3 aromatic rings. The number of benzene rings is 1. The van der Waals surface area contributed by atoms with Gasteiger partial charge in [0.15, 0.2) is 0 Å². The van der Waals surface area contributed by atoms with Crippen LogP contribution >= 0.6 is 0 Å². The molecule has 1 aromatic carbocycles. The van der Waals surface area contributed by atoms with Crippen LogP contribution in [-0.2, 0) is 12.7 Å². The summed E-state index contributed by atoms with van der Waals surface area (Å²) in [6.45, 7) is 3.08. The standard InChI is InChI=1S/C17H17F3N4O/c18-17(19,20)16-22-15-13(23-8-6-21-7-9-23)4-1-5-14(15)24(16)11-12-3-2-10-25-12/h1-5,10,21H,6-9,11H2. The number of aromatic nitrogens is 2. The van der Waals surface area contributed by atoms with Gasteiger partial charge >= 0.3 is 6.18 Å². The smallest absolute Gasteiger partial charge is 0.449 e. The predicted octanol–water partition coefficient (Wildman–Crippen LogP) is 3.11. The van der Waals surface area contributed by atoms with E-state index in [9.17, 15) is 13.2 Å². The zero-order valence-electron chi connectivity index (χ0n) is 13.4. The van der Waals surface area contributed by atoms with Crippen LogP contribution in [0.4, 0.5) is 18.9 Å². The lowest BCUT2D eigenvalue weighted by molar-refractivity contribution is -0.146. The van der Waals surface area contributed by atoms with Crippen LogP contribution < -0.4 is 10.2 Å². The van der Waals surface area contributed by atoms with Crippen molar-refractivity contribution in [3.63, 3.8) is 0 Å². The Morgan fingerprint density at radius 1 is 1.12 bits per heavy atom. The summed E-state index contributed by atoms with van der Waals surface area (Å²) in [5, 5.41) is 3.24. The van der Waals surface area contributed by atoms with Crippen molar-refractivity contribution >= 4 is 16.7 Å². The molecule has 0 saturated carbocycles. The van der Waals surface area contributed by atoms with Gasteiger partial charge in [-0.1, -0.05) is 6.07 Å². The second-order valence-corrected chi connectivity index (χ2v) is 5.98. The van der Waals surface area contributed by atoms with E-state index in [-0.39, 0.29) is 6.54 Å². The number of fused-ring (bicyclic) bond motifs is 1. The van der Waals surface area contributed by atoms with E-state index >= 15 is 0 Å². The third-order valence-electron chi connectivity index (χ3n) is 4.36. The number of furan rings is 1. The number of nitrogens with zero attached hydrogens (tertiary/aromatic N) is 3. The number of hydrogen-bond donors (Lipinski definition) is 1. The van der Waals surface area contributed by atoms with E-state index < -0.39 is 12.0 Å². The summed E-state index contributed by atoms with van der Waals surface area (Å²) in [6, 6.07) is 8.60. The minimum atomic E-state index is -4.54. The molecule has 0 spiro atoms. The molecule has 3 heterocycles. The van der Waals surface area contributed by atoms with E-state index in [1.165, 1.54) is 10.8 Å². The number of hydrogen-bond acceptors (Lipinski definition) is 4. The summed E-state index contributed by atoms with van der Waals surface area (Å²) in [5.41, 5.74) is 1.57. The van der Waals surface area contributed by atoms with Gasteiger partial charge < -0.3 is 19.2 Å². The largest absolute Gasteiger partial charge is 0.467 e. The molecule has 1 aliphatic heterocycles. The molecule has 0 aliphatic carbocycles. The Morgan fingerprint density at radius 3 is 2.60 bits per heavy atom. The number of anilines is 1. The molecule has 0 amide bonds. The zero-order valence-corrected chi connectivity index (χ0v) is 13.4. The molecule has 1 aliphatic rings. The minimum absolute atomic E-state index is 0.0106. The van der Waals surface area contributed by atoms with Crippen molar-refractivity contribution < 1.29 is 17.6 Å². The normalized spacial score (nSPS) is 15.9. The van der Waals surface area contributed by atoms with Crippen LogP contribution in [0.1, 0.15) is 11.6 Å². The molecular weight excluding hydrogens is 333 g/mol. The van der Waals surface area contributed by atoms with Crippen molar-refractivity contribution in [2.24, 2.45) is 0 Å². The zero-order chi connectivity index (χ0) is 17.4. The summed E-state index contributed by atoms with van der Waals surface area (Å²) in [7, 11) is 0. The van der Waals surface area contributed by atoms with Crippen LogP contribution in [0.3, 0.4) is 0 Å². The van der Waals surface area contributed by atoms with Gasteiger partial charge in [-0.15, -0.1) is 0 Å². The van der Waals surface area contributed by atoms with E-state index in [1.807, 2.05) is 6.07 Å². The number of halogens is 3. The third kappa shape index (κ3) is 2.97. The number of rotatable bonds is 3. The topological polar surface area (TPSA) is 46.2 Å². The Hall–Kier alpha value is -2.48. The lowest BCUT2D eigenvalue weighted by atomic mass is 10.2. The van der Waals surface area contributed by atoms with Crippen molar-refractivity contribution in [2.45, 2.75) is 12.7 Å². The molecule has 0 bridgehead atoms. The average molecular weight is 350 g/mol. The average Bonchev–Trinajstić information content (AvgIpc) is 3.23. The molecule has 1 fully saturated rings. The number of alkyl halides is 3. The molecule has 2 aromatic heterocycles. The highest BCUT2D eigenvalue weighted by Gasteiger charge is 2.38. The van der Waals surface area contributed by atoms with Gasteiger partial charge in [-0.3, -0.25) is 0 Å². The molecule has 4 rings (SSSR count). The second-order valence-electron chi connectivity index (χ2n) is 5.98. The quantitative estimate of drug-likeness (QED) is 0.788. The molecule has 1 saturated heterocycles. The first-order valence-electron chi connectivity index (χ1n) is 8.08. The van der Waals surface area contributed by atoms with E-state index in [1.54, 1.807) is 24.3 Å². The fraction of sp³-hybridized carbons (Fsp3) is 0.353. The summed E-state index contributed by atoms with van der Waals surface area (Å²) in [5.74, 6) is -0.445. The number of piperazine rings is 1. The number of para-hydroxylation sites is 1. The van der Waals surface area contributed by atoms with E-state index in [4.69, 9.17) is 4.42 Å². The van der Waals surface area contributed by atoms with Crippen LogP contribution in [0.15, 0.2) is 41.0 Å². The molecule has 0 unspecified atom stereocenters. The van der Waals surface area contributed by atoms with Crippen molar-refractivity contribution in [3.05, 3.63) is 48.2 Å². The molecule has 0 radical (unpaired) electrons. The van der Waals surface area contributed by atoms with Gasteiger partial charge in [-0.2, -0.15) is 13.2 Å². The maximum atomic E-state index is 13.6. The van der Waals surface area contributed by atoms with Crippen molar-refractivity contribution in [1.29, 1.82) is 0 Å². The van der Waals surface area contributed by atoms with Gasteiger partial charge in [0.05, 0.1) is 24.0 Å². The number of nitrogens with one attached hydrogen (secondary N) is 1. The fourth-order valence-corrected chi connectivity index (χ4v) is 3.23. The third-order valence-corrected chi connectivity index (χ3v) is 4.36. The van der Waals surface area contributed by atoms with Crippen LogP contribution in [0.25, 0.3) is 11.0 Å². The monoisotopic (exact) mass is 350 g/mol. The molecule has 132 valence electrons. The Morgan fingerprint density at radius 2 is 1.92 bits per heavy atom. The van der Waals surface area contributed by atoms with Crippen molar-refractivity contribution in [3.8, 4) is 0 Å². The minimum Gasteiger partial charge on any atom is -0.467 e. The molecular formula is C17H17F3N4O. The lowest BCUT2D eigenvalue weighted by Crippen LogP contribution is -2.43. The summed E-state index contributed by atoms with van der Waals surface area (Å²) in [4.78, 5) is 6.05. The second kappa shape index (κ2) is 6.11. The Labute approximate surface area is 142 Å². The maximum Gasteiger partial charge on any atom is 0.449 e. The van der Waals surface area contributed by atoms with Crippen molar-refractivity contribution in [2.75, 3.05) is 31.1 Å². The van der Waals surface area contributed by atoms with Crippen molar-refractivity contribution in [1.82, 2.24) is 14.9 Å². The van der Waals surface area contributed by atoms with Crippen LogP contribution in [-0.4, -0.2) is 35.7 Å². The maximum absolute atomic E-state index is 13.6. The highest BCUT2D eigenvalue weighted by molar-refractivity contribution is 5.89. The fourth-order valence-electron chi connectivity index (χ4n) is 3.23. The van der Waals surface area contributed by atoms with Crippen LogP contribution in [0.2, 0.25) is 0 Å². The predicted molar refractivity (Wildman–Crippen MR) is 87.6 cm³/mol. The first kappa shape index (κ1) is 16.0. The van der Waals surface area contributed by atoms with E-state index in [0.29, 0.717) is 16.8 Å².